The van der Waals surface area contributed by atoms with Crippen molar-refractivity contribution in [1.82, 2.24) is 9.97 Å². The Balaban J connectivity index is 2.31. The minimum atomic E-state index is -0.110. The van der Waals surface area contributed by atoms with Crippen molar-refractivity contribution in [3.63, 3.8) is 0 Å². The first-order valence-electron chi connectivity index (χ1n) is 7.39. The summed E-state index contributed by atoms with van der Waals surface area (Å²) in [5.41, 5.74) is 5.72. The number of anilines is 2. The fourth-order valence-electron chi connectivity index (χ4n) is 1.68. The zero-order valence-electron chi connectivity index (χ0n) is 13.6. The van der Waals surface area contributed by atoms with Gasteiger partial charge in [0.05, 0.1) is 13.2 Å². The summed E-state index contributed by atoms with van der Waals surface area (Å²) in [6, 6.07) is 1.77. The molecule has 0 atom stereocenters. The summed E-state index contributed by atoms with van der Waals surface area (Å²) >= 11 is 0. The van der Waals surface area contributed by atoms with E-state index in [0.717, 1.165) is 37.6 Å². The van der Waals surface area contributed by atoms with Crippen LogP contribution in [0, 0.1) is 0 Å². The van der Waals surface area contributed by atoms with Gasteiger partial charge in [0.25, 0.3) is 0 Å². The summed E-state index contributed by atoms with van der Waals surface area (Å²) in [4.78, 5) is 8.80. The minimum Gasteiger partial charge on any atom is -0.384 e. The van der Waals surface area contributed by atoms with Gasteiger partial charge in [-0.05, 0) is 12.8 Å². The Kier molecular flexibility index (Phi) is 7.39. The standard InChI is InChI=1S/C15H28N4O2/c1-15(2,3)14-18-12(16)11-13(19-14)17-7-5-6-8-21-10-9-20-4/h11H,5-10H2,1-4H3,(H3,16,17,18,19). The molecular weight excluding hydrogens is 268 g/mol. The van der Waals surface area contributed by atoms with E-state index in [9.17, 15) is 0 Å². The number of ether oxygens (including phenoxy) is 2. The lowest BCUT2D eigenvalue weighted by Gasteiger charge is -2.18. The Morgan fingerprint density at radius 2 is 1.90 bits per heavy atom. The lowest BCUT2D eigenvalue weighted by Crippen LogP contribution is -2.18. The molecule has 0 saturated heterocycles. The summed E-state index contributed by atoms with van der Waals surface area (Å²) in [5, 5.41) is 3.29. The Morgan fingerprint density at radius 3 is 2.57 bits per heavy atom. The van der Waals surface area contributed by atoms with E-state index in [-0.39, 0.29) is 5.41 Å². The first-order valence-corrected chi connectivity index (χ1v) is 7.39. The predicted molar refractivity (Wildman–Crippen MR) is 85.6 cm³/mol. The molecule has 6 heteroatoms. The number of rotatable bonds is 9. The molecule has 3 N–H and O–H groups in total. The fourth-order valence-corrected chi connectivity index (χ4v) is 1.68. The first kappa shape index (κ1) is 17.7. The van der Waals surface area contributed by atoms with Crippen molar-refractivity contribution in [2.45, 2.75) is 39.0 Å². The third kappa shape index (κ3) is 7.24. The van der Waals surface area contributed by atoms with Crippen molar-refractivity contribution in [3.8, 4) is 0 Å². The van der Waals surface area contributed by atoms with Gasteiger partial charge in [0.15, 0.2) is 0 Å². The molecule has 120 valence electrons. The first-order chi connectivity index (χ1) is 9.93. The second-order valence-corrected chi connectivity index (χ2v) is 5.99. The highest BCUT2D eigenvalue weighted by molar-refractivity contribution is 5.45. The number of nitrogens with one attached hydrogen (secondary N) is 1. The van der Waals surface area contributed by atoms with Gasteiger partial charge in [0.1, 0.15) is 17.5 Å². The Morgan fingerprint density at radius 1 is 1.14 bits per heavy atom. The van der Waals surface area contributed by atoms with Gasteiger partial charge in [0.2, 0.25) is 0 Å². The van der Waals surface area contributed by atoms with Crippen LogP contribution in [0.3, 0.4) is 0 Å². The van der Waals surface area contributed by atoms with E-state index >= 15 is 0 Å². The summed E-state index contributed by atoms with van der Waals surface area (Å²) in [5.74, 6) is 2.04. The van der Waals surface area contributed by atoms with Gasteiger partial charge >= 0.3 is 0 Å². The van der Waals surface area contributed by atoms with Crippen LogP contribution >= 0.6 is 0 Å². The molecule has 0 unspecified atom stereocenters. The highest BCUT2D eigenvalue weighted by Gasteiger charge is 2.18. The largest absolute Gasteiger partial charge is 0.384 e. The highest BCUT2D eigenvalue weighted by atomic mass is 16.5. The van der Waals surface area contributed by atoms with Crippen LogP contribution in [-0.4, -0.2) is 43.4 Å². The van der Waals surface area contributed by atoms with Gasteiger partial charge < -0.3 is 20.5 Å². The number of nitrogens with two attached hydrogens (primary N) is 1. The van der Waals surface area contributed by atoms with Gasteiger partial charge in [-0.1, -0.05) is 20.8 Å². The fraction of sp³-hybridized carbons (Fsp3) is 0.733. The lowest BCUT2D eigenvalue weighted by atomic mass is 9.96. The van der Waals surface area contributed by atoms with Crippen molar-refractivity contribution < 1.29 is 9.47 Å². The molecule has 0 aliphatic carbocycles. The monoisotopic (exact) mass is 296 g/mol. The zero-order chi connectivity index (χ0) is 15.7. The maximum absolute atomic E-state index is 5.83. The number of methoxy groups -OCH3 is 1. The lowest BCUT2D eigenvalue weighted by molar-refractivity contribution is 0.0691. The van der Waals surface area contributed by atoms with E-state index in [4.69, 9.17) is 15.2 Å². The molecule has 0 aliphatic rings. The molecular formula is C15H28N4O2. The summed E-state index contributed by atoms with van der Waals surface area (Å²) < 4.78 is 10.3. The van der Waals surface area contributed by atoms with Crippen molar-refractivity contribution >= 4 is 11.6 Å². The predicted octanol–water partition coefficient (Wildman–Crippen LogP) is 2.21. The van der Waals surface area contributed by atoms with Gasteiger partial charge in [-0.25, -0.2) is 9.97 Å². The molecule has 6 nitrogen and oxygen atoms in total. The smallest absolute Gasteiger partial charge is 0.138 e. The molecule has 0 spiro atoms. The SMILES string of the molecule is COCCOCCCCNc1cc(N)nc(C(C)(C)C)n1. The highest BCUT2D eigenvalue weighted by Crippen LogP contribution is 2.21. The second-order valence-electron chi connectivity index (χ2n) is 5.99. The van der Waals surface area contributed by atoms with Crippen molar-refractivity contribution in [1.29, 1.82) is 0 Å². The number of nitrogens with zero attached hydrogens (tertiary/aromatic N) is 2. The van der Waals surface area contributed by atoms with Gasteiger partial charge in [-0.15, -0.1) is 0 Å². The molecule has 1 rings (SSSR count). The molecule has 0 fully saturated rings. The number of hydrogen-bond donors (Lipinski definition) is 2. The second kappa shape index (κ2) is 8.79. The van der Waals surface area contributed by atoms with Crippen LogP contribution in [0.1, 0.15) is 39.4 Å². The molecule has 21 heavy (non-hydrogen) atoms. The molecule has 0 amide bonds. The third-order valence-corrected chi connectivity index (χ3v) is 2.87. The maximum Gasteiger partial charge on any atom is 0.138 e. The molecule has 0 bridgehead atoms. The van der Waals surface area contributed by atoms with Crippen LogP contribution in [0.5, 0.6) is 0 Å². The molecule has 1 aromatic rings. The quantitative estimate of drug-likeness (QED) is 0.680. The number of nitrogen functional groups attached to an aromatic ring is 1. The zero-order valence-corrected chi connectivity index (χ0v) is 13.6. The third-order valence-electron chi connectivity index (χ3n) is 2.87. The molecule has 1 heterocycles. The maximum atomic E-state index is 5.83. The summed E-state index contributed by atoms with van der Waals surface area (Å²) in [6.45, 7) is 9.11. The summed E-state index contributed by atoms with van der Waals surface area (Å²) in [6.07, 6.45) is 2.02. The molecule has 0 aliphatic heterocycles. The number of hydrogen-bond acceptors (Lipinski definition) is 6. The minimum absolute atomic E-state index is 0.110. The number of unbranched alkanes of at least 4 members (excludes halogenated alkanes) is 1. The van der Waals surface area contributed by atoms with E-state index in [1.165, 1.54) is 0 Å². The Labute approximate surface area is 127 Å². The van der Waals surface area contributed by atoms with Crippen LogP contribution in [0.4, 0.5) is 11.6 Å². The number of aromatic nitrogens is 2. The molecule has 1 aromatic heterocycles. The van der Waals surface area contributed by atoms with Gasteiger partial charge in [-0.2, -0.15) is 0 Å². The Bertz CT molecular complexity index is 419. The van der Waals surface area contributed by atoms with Crippen LogP contribution < -0.4 is 11.1 Å². The average Bonchev–Trinajstić information content (AvgIpc) is 2.40. The van der Waals surface area contributed by atoms with Gasteiger partial charge in [0, 0.05) is 31.7 Å². The van der Waals surface area contributed by atoms with Crippen molar-refractivity contribution in [3.05, 3.63) is 11.9 Å². The normalized spacial score (nSPS) is 11.6. The van der Waals surface area contributed by atoms with Crippen LogP contribution in [0.2, 0.25) is 0 Å². The van der Waals surface area contributed by atoms with Crippen LogP contribution in [0.15, 0.2) is 6.07 Å². The molecule has 0 radical (unpaired) electrons. The van der Waals surface area contributed by atoms with Crippen LogP contribution in [-0.2, 0) is 14.9 Å². The van der Waals surface area contributed by atoms with E-state index in [1.54, 1.807) is 13.2 Å². The van der Waals surface area contributed by atoms with Gasteiger partial charge in [-0.3, -0.25) is 0 Å². The average molecular weight is 296 g/mol. The Hall–Kier alpha value is -1.40. The van der Waals surface area contributed by atoms with E-state index in [0.29, 0.717) is 19.0 Å². The van der Waals surface area contributed by atoms with Crippen molar-refractivity contribution in [2.75, 3.05) is 44.5 Å². The van der Waals surface area contributed by atoms with E-state index in [1.807, 2.05) is 0 Å². The summed E-state index contributed by atoms with van der Waals surface area (Å²) in [7, 11) is 1.67. The van der Waals surface area contributed by atoms with E-state index < -0.39 is 0 Å². The molecule has 0 saturated carbocycles. The molecule has 0 aromatic carbocycles. The van der Waals surface area contributed by atoms with E-state index in [2.05, 4.69) is 36.1 Å². The van der Waals surface area contributed by atoms with Crippen molar-refractivity contribution in [2.24, 2.45) is 0 Å². The topological polar surface area (TPSA) is 82.3 Å². The van der Waals surface area contributed by atoms with Crippen LogP contribution in [0.25, 0.3) is 0 Å².